The molecule has 2 aliphatic rings. The molecule has 5 heteroatoms. The number of benzene rings is 2. The van der Waals surface area contributed by atoms with Gasteiger partial charge in [-0.25, -0.2) is 0 Å². The third kappa shape index (κ3) is 5.24. The number of hydrogen-bond acceptors (Lipinski definition) is 1. The summed E-state index contributed by atoms with van der Waals surface area (Å²) in [5.41, 5.74) is 4.53. The number of anilines is 1. The molecule has 2 aromatic carbocycles. The van der Waals surface area contributed by atoms with Crippen LogP contribution in [0, 0.1) is 20.0 Å². The van der Waals surface area contributed by atoms with Crippen LogP contribution in [0.1, 0.15) is 29.9 Å². The van der Waals surface area contributed by atoms with Crippen LogP contribution in [0.5, 0.6) is 0 Å². The molecule has 0 spiro atoms. The second-order valence-electron chi connectivity index (χ2n) is 5.76. The van der Waals surface area contributed by atoms with Crippen molar-refractivity contribution in [3.63, 3.8) is 0 Å². The molecule has 4 nitrogen and oxygen atoms in total. The normalized spacial score (nSPS) is 18.0. The predicted octanol–water partition coefficient (Wildman–Crippen LogP) is 3.88. The van der Waals surface area contributed by atoms with E-state index in [4.69, 9.17) is 14.0 Å². The van der Waals surface area contributed by atoms with E-state index in [9.17, 15) is 0 Å². The summed E-state index contributed by atoms with van der Waals surface area (Å²) in [7, 11) is 0. The van der Waals surface area contributed by atoms with Gasteiger partial charge in [0.15, 0.2) is 0 Å². The van der Waals surface area contributed by atoms with Crippen molar-refractivity contribution in [3.05, 3.63) is 85.7 Å². The Labute approximate surface area is 165 Å². The first-order valence-corrected chi connectivity index (χ1v) is 7.94. The van der Waals surface area contributed by atoms with Crippen molar-refractivity contribution in [3.8, 4) is 0 Å². The van der Waals surface area contributed by atoms with Gasteiger partial charge in [-0.05, 0) is 36.5 Å². The Kier molecular flexibility index (Phi) is 12.2. The summed E-state index contributed by atoms with van der Waals surface area (Å²) in [4.78, 5) is 2.64. The van der Waals surface area contributed by atoms with Crippen LogP contribution in [0.2, 0.25) is 0 Å². The molecular formula is C21H19CrNO3. The maximum Gasteiger partial charge on any atom is 0.0405 e. The van der Waals surface area contributed by atoms with Gasteiger partial charge in [-0.15, -0.1) is 0 Å². The van der Waals surface area contributed by atoms with Gasteiger partial charge in [0, 0.05) is 41.6 Å². The van der Waals surface area contributed by atoms with Crippen LogP contribution in [0.3, 0.4) is 0 Å². The van der Waals surface area contributed by atoms with Gasteiger partial charge < -0.3 is 4.90 Å². The molecule has 0 saturated carbocycles. The van der Waals surface area contributed by atoms with Crippen molar-refractivity contribution in [2.75, 3.05) is 11.4 Å². The molecule has 0 aliphatic carbocycles. The largest absolute Gasteiger partial charge is 0.368 e. The van der Waals surface area contributed by atoms with Gasteiger partial charge in [0.2, 0.25) is 0 Å². The fraction of sp³-hybridized carbons (Fsp3) is 0.286. The van der Waals surface area contributed by atoms with E-state index >= 15 is 0 Å². The van der Waals surface area contributed by atoms with Gasteiger partial charge in [-0.3, -0.25) is 0 Å². The van der Waals surface area contributed by atoms with E-state index in [0.717, 1.165) is 6.04 Å². The summed E-state index contributed by atoms with van der Waals surface area (Å²) in [6.07, 6.45) is 3.88. The summed E-state index contributed by atoms with van der Waals surface area (Å²) in [5.74, 6) is 0.682. The molecule has 1 fully saturated rings. The van der Waals surface area contributed by atoms with Crippen LogP contribution in [0.15, 0.2) is 54.6 Å². The molecule has 0 unspecified atom stereocenters. The van der Waals surface area contributed by atoms with Crippen molar-refractivity contribution >= 4 is 5.69 Å². The second-order valence-corrected chi connectivity index (χ2v) is 5.76. The minimum absolute atomic E-state index is 0. The monoisotopic (exact) mass is 385 g/mol. The molecule has 0 aromatic heterocycles. The molecule has 1 saturated heterocycles. The first-order chi connectivity index (χ1) is 12.4. The van der Waals surface area contributed by atoms with E-state index < -0.39 is 0 Å². The summed E-state index contributed by atoms with van der Waals surface area (Å²) in [6.45, 7) is 14.7. The fourth-order valence-electron chi connectivity index (χ4n) is 3.89. The number of rotatable bonds is 2. The van der Waals surface area contributed by atoms with Gasteiger partial charge in [0.1, 0.15) is 0 Å². The molecule has 0 amide bonds. The number of hydrogen-bond donors (Lipinski definition) is 0. The van der Waals surface area contributed by atoms with Gasteiger partial charge in [0.25, 0.3) is 0 Å². The predicted molar refractivity (Wildman–Crippen MR) is 91.5 cm³/mol. The average Bonchev–Trinajstić information content (AvgIpc) is 3.30. The Hall–Kier alpha value is -2.01. The Bertz CT molecular complexity index is 698. The second kappa shape index (κ2) is 13.2. The maximum atomic E-state index is 7.50. The average molecular weight is 385 g/mol. The van der Waals surface area contributed by atoms with Gasteiger partial charge >= 0.3 is 33.9 Å². The fourth-order valence-corrected chi connectivity index (χ4v) is 3.89. The van der Waals surface area contributed by atoms with Gasteiger partial charge in [-0.1, -0.05) is 48.5 Å². The van der Waals surface area contributed by atoms with E-state index in [1.165, 1.54) is 37.1 Å². The first kappa shape index (κ1) is 24.0. The maximum absolute atomic E-state index is 7.50. The quantitative estimate of drug-likeness (QED) is 0.572. The molecule has 2 aromatic rings. The van der Waals surface area contributed by atoms with E-state index in [1.807, 2.05) is 0 Å². The van der Waals surface area contributed by atoms with Gasteiger partial charge in [-0.2, -0.15) is 0 Å². The Balaban J connectivity index is 0.000000817. The molecule has 26 heavy (non-hydrogen) atoms. The Morgan fingerprint density at radius 3 is 2.08 bits per heavy atom. The summed E-state index contributed by atoms with van der Waals surface area (Å²) < 4.78 is 22.5. The molecule has 2 atom stereocenters. The molecule has 2 aliphatic heterocycles. The van der Waals surface area contributed by atoms with Crippen molar-refractivity contribution < 1.29 is 31.3 Å². The molecule has 0 N–H and O–H groups in total. The van der Waals surface area contributed by atoms with Crippen LogP contribution < -0.4 is 4.90 Å². The van der Waals surface area contributed by atoms with Crippen LogP contribution in [0.4, 0.5) is 5.69 Å². The van der Waals surface area contributed by atoms with Crippen LogP contribution in [-0.2, 0) is 37.7 Å². The van der Waals surface area contributed by atoms with Gasteiger partial charge in [0.05, 0.1) is 0 Å². The van der Waals surface area contributed by atoms with E-state index in [1.54, 1.807) is 5.56 Å². The Morgan fingerprint density at radius 2 is 1.42 bits per heavy atom. The number of para-hydroxylation sites is 1. The van der Waals surface area contributed by atoms with Crippen molar-refractivity contribution in [2.45, 2.75) is 31.2 Å². The van der Waals surface area contributed by atoms with Crippen LogP contribution >= 0.6 is 0 Å². The third-order valence-corrected chi connectivity index (χ3v) is 4.71. The minimum atomic E-state index is 0. The molecule has 132 valence electrons. The molecule has 2 heterocycles. The summed E-state index contributed by atoms with van der Waals surface area (Å²) >= 11 is 0. The molecular weight excluding hydrogens is 366 g/mol. The zero-order valence-corrected chi connectivity index (χ0v) is 15.5. The Morgan fingerprint density at radius 1 is 0.846 bits per heavy atom. The third-order valence-electron chi connectivity index (χ3n) is 4.71. The topological polar surface area (TPSA) is 62.9 Å². The smallest absolute Gasteiger partial charge is 0.0405 e. The number of nitrogens with zero attached hydrogens (tertiary/aromatic N) is 1. The van der Waals surface area contributed by atoms with Crippen LogP contribution in [0.25, 0.3) is 0 Å². The van der Waals surface area contributed by atoms with Crippen molar-refractivity contribution in [1.29, 1.82) is 0 Å². The van der Waals surface area contributed by atoms with Crippen molar-refractivity contribution in [2.24, 2.45) is 0 Å². The SMILES string of the molecule is [C-]#[O+].[C-]#[O+].[C-]#[O+].[Cr].c1ccc(C[C@@H]2c3ccccc3N3CCC[C@H]23)cc1. The first-order valence-electron chi connectivity index (χ1n) is 7.94. The molecule has 4 rings (SSSR count). The molecule has 0 radical (unpaired) electrons. The standard InChI is InChI=1S/C18H19N.3CO.Cr/c1-2-7-14(8-3-1)13-16-15-9-4-5-10-17(15)19-12-6-11-18(16)19;3*1-2;/h1-5,7-10,16,18H,6,11-13H2;;;;/t16-,18-;;;;/m1..../s1. The van der Waals surface area contributed by atoms with E-state index in [2.05, 4.69) is 79.4 Å². The number of fused-ring (bicyclic) bond motifs is 3. The van der Waals surface area contributed by atoms with E-state index in [0.29, 0.717) is 5.92 Å². The molecule has 0 bridgehead atoms. The summed E-state index contributed by atoms with van der Waals surface area (Å²) in [6, 6.07) is 20.7. The summed E-state index contributed by atoms with van der Waals surface area (Å²) in [5, 5.41) is 0. The minimum Gasteiger partial charge on any atom is -0.368 e. The zero-order valence-electron chi connectivity index (χ0n) is 14.3. The zero-order chi connectivity index (χ0) is 18.7. The van der Waals surface area contributed by atoms with E-state index in [-0.39, 0.29) is 17.4 Å². The van der Waals surface area contributed by atoms with Crippen molar-refractivity contribution in [1.82, 2.24) is 0 Å². The van der Waals surface area contributed by atoms with Crippen LogP contribution in [-0.4, -0.2) is 12.6 Å².